The fourth-order valence-corrected chi connectivity index (χ4v) is 2.67. The Hall–Kier alpha value is -1.90. The maximum Gasteiger partial charge on any atom is 0.417 e. The molecule has 0 spiro atoms. The van der Waals surface area contributed by atoms with Crippen molar-refractivity contribution in [2.75, 3.05) is 11.9 Å². The number of alkyl halides is 3. The van der Waals surface area contributed by atoms with Crippen LogP contribution in [-0.4, -0.2) is 23.5 Å². The van der Waals surface area contributed by atoms with Crippen LogP contribution in [0.1, 0.15) is 12.0 Å². The summed E-state index contributed by atoms with van der Waals surface area (Å²) in [5.41, 5.74) is -0.245. The summed E-state index contributed by atoms with van der Waals surface area (Å²) in [7, 11) is 0. The van der Waals surface area contributed by atoms with Crippen LogP contribution in [-0.2, 0) is 11.0 Å². The molecule has 1 atom stereocenters. The zero-order chi connectivity index (χ0) is 19.2. The lowest BCUT2D eigenvalue weighted by atomic mass is 10.2. The van der Waals surface area contributed by atoms with Crippen molar-refractivity contribution in [1.82, 2.24) is 0 Å². The average Bonchev–Trinajstić information content (AvgIpc) is 2.62. The molecule has 0 aliphatic carbocycles. The second-order valence-corrected chi connectivity index (χ2v) is 6.27. The third-order valence-electron chi connectivity index (χ3n) is 3.42. The van der Waals surface area contributed by atoms with Crippen molar-refractivity contribution in [3.63, 3.8) is 0 Å². The van der Waals surface area contributed by atoms with Crippen LogP contribution >= 0.6 is 23.6 Å². The van der Waals surface area contributed by atoms with E-state index in [0.29, 0.717) is 29.8 Å². The molecule has 140 valence electrons. The van der Waals surface area contributed by atoms with Gasteiger partial charge in [-0.1, -0.05) is 17.7 Å². The Morgan fingerprint density at radius 1 is 1.23 bits per heavy atom. The van der Waals surface area contributed by atoms with Gasteiger partial charge in [0.2, 0.25) is 0 Å². The van der Waals surface area contributed by atoms with Crippen molar-refractivity contribution in [1.29, 1.82) is 0 Å². The Bertz CT molecular complexity index is 741. The lowest BCUT2D eigenvalue weighted by molar-refractivity contribution is -0.137. The molecule has 4 nitrogen and oxygen atoms in total. The lowest BCUT2D eigenvalue weighted by Crippen LogP contribution is -2.22. The maximum absolute atomic E-state index is 12.9. The van der Waals surface area contributed by atoms with Gasteiger partial charge < -0.3 is 14.6 Å². The molecular weight excluding hydrogens is 391 g/mol. The van der Waals surface area contributed by atoms with Gasteiger partial charge in [-0.05, 0) is 36.4 Å². The van der Waals surface area contributed by atoms with E-state index in [2.05, 4.69) is 5.32 Å². The van der Waals surface area contributed by atoms with Gasteiger partial charge in [0.25, 0.3) is 0 Å². The van der Waals surface area contributed by atoms with Crippen molar-refractivity contribution in [2.45, 2.75) is 23.6 Å². The van der Waals surface area contributed by atoms with Crippen LogP contribution in [0, 0.1) is 0 Å². The van der Waals surface area contributed by atoms with Crippen LogP contribution in [0.25, 0.3) is 0 Å². The summed E-state index contributed by atoms with van der Waals surface area (Å²) in [6.45, 7) is 0.353. The fourth-order valence-electron chi connectivity index (χ4n) is 2.13. The highest BCUT2D eigenvalue weighted by Crippen LogP contribution is 2.39. The third-order valence-corrected chi connectivity index (χ3v) is 4.29. The molecule has 0 amide bonds. The number of hydrogen-bond donors (Lipinski definition) is 2. The Labute approximate surface area is 157 Å². The number of carbonyl (C=O) groups excluding carboxylic acids is 1. The van der Waals surface area contributed by atoms with Crippen LogP contribution in [0.2, 0.25) is 5.02 Å². The van der Waals surface area contributed by atoms with Crippen molar-refractivity contribution in [3.8, 4) is 5.75 Å². The zero-order valence-electron chi connectivity index (χ0n) is 13.3. The quantitative estimate of drug-likeness (QED) is 0.456. The van der Waals surface area contributed by atoms with Gasteiger partial charge in [0.05, 0.1) is 10.6 Å². The van der Waals surface area contributed by atoms with E-state index in [0.717, 1.165) is 11.8 Å². The molecular formula is C17H15ClF3NO3S. The van der Waals surface area contributed by atoms with Gasteiger partial charge in [-0.15, -0.1) is 0 Å². The van der Waals surface area contributed by atoms with Gasteiger partial charge in [-0.3, -0.25) is 4.79 Å². The van der Waals surface area contributed by atoms with Crippen LogP contribution in [0.15, 0.2) is 47.4 Å². The topological polar surface area (TPSA) is 58.6 Å². The van der Waals surface area contributed by atoms with E-state index < -0.39 is 22.9 Å². The molecule has 2 N–H and O–H groups in total. The predicted octanol–water partition coefficient (Wildman–Crippen LogP) is 5.37. The molecule has 2 rings (SSSR count). The van der Waals surface area contributed by atoms with Gasteiger partial charge in [0.15, 0.2) is 12.4 Å². The number of ether oxygens (including phenoxy) is 1. The summed E-state index contributed by atoms with van der Waals surface area (Å²) >= 11 is 6.38. The highest BCUT2D eigenvalue weighted by molar-refractivity contribution is 7.93. The Balaban J connectivity index is 1.96. The summed E-state index contributed by atoms with van der Waals surface area (Å²) in [5, 5.41) is 2.48. The lowest BCUT2D eigenvalue weighted by Gasteiger charge is -2.17. The molecule has 0 heterocycles. The van der Waals surface area contributed by atoms with E-state index in [1.165, 1.54) is 12.1 Å². The number of carbonyl (C=O) groups is 1. The second-order valence-electron chi connectivity index (χ2n) is 5.24. The monoisotopic (exact) mass is 405 g/mol. The van der Waals surface area contributed by atoms with Crippen LogP contribution in [0.4, 0.5) is 18.9 Å². The van der Waals surface area contributed by atoms with E-state index >= 15 is 0 Å². The fraction of sp³-hybridized carbons (Fsp3) is 0.235. The van der Waals surface area contributed by atoms with E-state index in [1.807, 2.05) is 0 Å². The number of nitrogens with one attached hydrogen (secondary N) is 1. The molecule has 2 aromatic carbocycles. The number of hydrogen-bond acceptors (Lipinski definition) is 5. The Kier molecular flexibility index (Phi) is 7.19. The molecule has 26 heavy (non-hydrogen) atoms. The standard InChI is InChI=1S/C17H15ClF3NO3S/c18-16-14(17(19,20)21)2-1-3-15(16)25-12(10-23)8-9-22-11-4-6-13(26-24)7-5-11/h1-7,10,12,22,24H,8-9H2. The van der Waals surface area contributed by atoms with E-state index in [-0.39, 0.29) is 12.2 Å². The van der Waals surface area contributed by atoms with E-state index in [9.17, 15) is 18.0 Å². The minimum atomic E-state index is -4.60. The van der Waals surface area contributed by atoms with Crippen molar-refractivity contribution < 1.29 is 27.3 Å². The first-order valence-electron chi connectivity index (χ1n) is 7.48. The Morgan fingerprint density at radius 3 is 2.50 bits per heavy atom. The van der Waals surface area contributed by atoms with Crippen molar-refractivity contribution in [2.24, 2.45) is 0 Å². The van der Waals surface area contributed by atoms with E-state index in [4.69, 9.17) is 20.9 Å². The first-order valence-corrected chi connectivity index (χ1v) is 8.63. The number of halogens is 4. The highest BCUT2D eigenvalue weighted by Gasteiger charge is 2.34. The molecule has 0 saturated carbocycles. The number of anilines is 1. The molecule has 0 radical (unpaired) electrons. The molecule has 0 bridgehead atoms. The van der Waals surface area contributed by atoms with Gasteiger partial charge in [0.1, 0.15) is 5.75 Å². The minimum absolute atomic E-state index is 0.192. The smallest absolute Gasteiger partial charge is 0.417 e. The van der Waals surface area contributed by atoms with Crippen molar-refractivity contribution in [3.05, 3.63) is 53.1 Å². The number of rotatable bonds is 8. The summed E-state index contributed by atoms with van der Waals surface area (Å²) in [6, 6.07) is 10.2. The first kappa shape index (κ1) is 20.4. The summed E-state index contributed by atoms with van der Waals surface area (Å²) in [6.07, 6.45) is -4.81. The third kappa shape index (κ3) is 5.55. The summed E-state index contributed by atoms with van der Waals surface area (Å²) in [5.74, 6) is -0.192. The molecule has 0 aliphatic rings. The SMILES string of the molecule is O=CC(CCNc1ccc(SO)cc1)Oc1cccc(C(F)(F)F)c1Cl. The first-order chi connectivity index (χ1) is 12.3. The molecule has 0 aliphatic heterocycles. The maximum atomic E-state index is 12.9. The van der Waals surface area contributed by atoms with Crippen molar-refractivity contribution >= 4 is 35.6 Å². The van der Waals surface area contributed by atoms with E-state index in [1.54, 1.807) is 24.3 Å². The second kappa shape index (κ2) is 9.16. The average molecular weight is 406 g/mol. The molecule has 0 saturated heterocycles. The Morgan fingerprint density at radius 2 is 1.92 bits per heavy atom. The van der Waals surface area contributed by atoms with Gasteiger partial charge in [-0.25, -0.2) is 0 Å². The molecule has 1 unspecified atom stereocenters. The largest absolute Gasteiger partial charge is 0.481 e. The molecule has 0 fully saturated rings. The van der Waals surface area contributed by atoms with Gasteiger partial charge >= 0.3 is 6.18 Å². The predicted molar refractivity (Wildman–Crippen MR) is 95.0 cm³/mol. The zero-order valence-corrected chi connectivity index (χ0v) is 14.9. The number of aldehydes is 1. The normalized spacial score (nSPS) is 12.5. The van der Waals surface area contributed by atoms with Crippen LogP contribution in [0.5, 0.6) is 5.75 Å². The molecule has 2 aromatic rings. The minimum Gasteiger partial charge on any atom is -0.481 e. The summed E-state index contributed by atoms with van der Waals surface area (Å²) in [4.78, 5) is 11.9. The highest BCUT2D eigenvalue weighted by atomic mass is 35.5. The summed E-state index contributed by atoms with van der Waals surface area (Å²) < 4.78 is 52.8. The molecule has 9 heteroatoms. The van der Waals surface area contributed by atoms with Crippen LogP contribution < -0.4 is 10.1 Å². The van der Waals surface area contributed by atoms with Gasteiger partial charge in [-0.2, -0.15) is 13.2 Å². The van der Waals surface area contributed by atoms with Crippen LogP contribution in [0.3, 0.4) is 0 Å². The molecule has 0 aromatic heterocycles. The number of benzene rings is 2. The van der Waals surface area contributed by atoms with Gasteiger partial charge in [0, 0.05) is 35.6 Å².